The first-order valence-electron chi connectivity index (χ1n) is 5.29. The smallest absolute Gasteiger partial charge is 0.239 e. The van der Waals surface area contributed by atoms with E-state index in [2.05, 4.69) is 20.6 Å². The Morgan fingerprint density at radius 3 is 2.81 bits per heavy atom. The van der Waals surface area contributed by atoms with Crippen molar-refractivity contribution in [3.8, 4) is 0 Å². The number of nitrogens with two attached hydrogens (primary N) is 1. The number of likely N-dealkylation sites (N-methyl/N-ethyl adjacent to an activating group) is 1. The Labute approximate surface area is 94.7 Å². The highest BCUT2D eigenvalue weighted by atomic mass is 16.1. The van der Waals surface area contributed by atoms with Crippen LogP contribution in [-0.2, 0) is 11.2 Å². The lowest BCUT2D eigenvalue weighted by atomic mass is 10.4. The van der Waals surface area contributed by atoms with Gasteiger partial charge in [0, 0.05) is 19.0 Å². The highest BCUT2D eigenvalue weighted by Gasteiger charge is 2.03. The van der Waals surface area contributed by atoms with E-state index >= 15 is 0 Å². The van der Waals surface area contributed by atoms with Crippen molar-refractivity contribution in [3.63, 3.8) is 0 Å². The maximum Gasteiger partial charge on any atom is 0.239 e. The summed E-state index contributed by atoms with van der Waals surface area (Å²) in [5.74, 6) is 1.58. The molecule has 0 aromatic carbocycles. The first-order valence-corrected chi connectivity index (χ1v) is 5.29. The maximum atomic E-state index is 11.2. The number of nitrogens with one attached hydrogen (secondary N) is 2. The number of nitrogen functional groups attached to an aromatic ring is 1. The molecule has 0 unspecified atom stereocenters. The quantitative estimate of drug-likeness (QED) is 0.661. The van der Waals surface area contributed by atoms with Gasteiger partial charge in [-0.1, -0.05) is 6.92 Å². The van der Waals surface area contributed by atoms with Gasteiger partial charge in [-0.05, 0) is 6.92 Å². The van der Waals surface area contributed by atoms with Gasteiger partial charge in [0.2, 0.25) is 5.91 Å². The monoisotopic (exact) mass is 223 g/mol. The number of hydrogen-bond acceptors (Lipinski definition) is 5. The largest absolute Gasteiger partial charge is 0.384 e. The van der Waals surface area contributed by atoms with Crippen LogP contribution in [0.4, 0.5) is 11.6 Å². The molecule has 16 heavy (non-hydrogen) atoms. The van der Waals surface area contributed by atoms with Gasteiger partial charge in [-0.15, -0.1) is 0 Å². The van der Waals surface area contributed by atoms with Gasteiger partial charge in [0.1, 0.15) is 17.5 Å². The Bertz CT molecular complexity index is 366. The van der Waals surface area contributed by atoms with Crippen molar-refractivity contribution in [2.45, 2.75) is 20.3 Å². The molecule has 1 aromatic rings. The lowest BCUT2D eigenvalue weighted by Gasteiger charge is -2.07. The molecule has 0 aliphatic carbocycles. The van der Waals surface area contributed by atoms with Crippen LogP contribution in [0.15, 0.2) is 6.07 Å². The van der Waals surface area contributed by atoms with Gasteiger partial charge in [0.15, 0.2) is 0 Å². The van der Waals surface area contributed by atoms with Gasteiger partial charge in [0.25, 0.3) is 0 Å². The van der Waals surface area contributed by atoms with E-state index in [1.807, 2.05) is 13.8 Å². The second-order valence-electron chi connectivity index (χ2n) is 3.25. The second-order valence-corrected chi connectivity index (χ2v) is 3.25. The van der Waals surface area contributed by atoms with Gasteiger partial charge < -0.3 is 16.4 Å². The molecule has 0 aliphatic rings. The molecule has 4 N–H and O–H groups in total. The molecule has 0 saturated heterocycles. The molecule has 0 saturated carbocycles. The summed E-state index contributed by atoms with van der Waals surface area (Å²) in [5, 5.41) is 5.58. The molecule has 0 fully saturated rings. The van der Waals surface area contributed by atoms with E-state index in [0.717, 1.165) is 0 Å². The maximum absolute atomic E-state index is 11.2. The van der Waals surface area contributed by atoms with Crippen molar-refractivity contribution in [2.75, 3.05) is 24.1 Å². The predicted molar refractivity (Wildman–Crippen MR) is 63.0 cm³/mol. The number of anilines is 2. The second kappa shape index (κ2) is 5.89. The summed E-state index contributed by atoms with van der Waals surface area (Å²) in [6, 6.07) is 1.61. The highest BCUT2D eigenvalue weighted by Crippen LogP contribution is 2.08. The van der Waals surface area contributed by atoms with Crippen LogP contribution in [0.1, 0.15) is 19.7 Å². The van der Waals surface area contributed by atoms with Crippen molar-refractivity contribution in [3.05, 3.63) is 11.9 Å². The minimum atomic E-state index is -0.0715. The van der Waals surface area contributed by atoms with Crippen LogP contribution in [-0.4, -0.2) is 29.0 Å². The minimum Gasteiger partial charge on any atom is -0.384 e. The van der Waals surface area contributed by atoms with E-state index in [1.165, 1.54) is 0 Å². The fourth-order valence-corrected chi connectivity index (χ4v) is 1.20. The van der Waals surface area contributed by atoms with E-state index in [-0.39, 0.29) is 12.5 Å². The van der Waals surface area contributed by atoms with Crippen molar-refractivity contribution >= 4 is 17.5 Å². The Morgan fingerprint density at radius 1 is 1.44 bits per heavy atom. The Hall–Kier alpha value is -1.85. The summed E-state index contributed by atoms with van der Waals surface area (Å²) < 4.78 is 0. The lowest BCUT2D eigenvalue weighted by Crippen LogP contribution is -2.29. The number of nitrogens with zero attached hydrogens (tertiary/aromatic N) is 2. The van der Waals surface area contributed by atoms with Crippen molar-refractivity contribution in [1.82, 2.24) is 15.3 Å². The fraction of sp³-hybridized carbons (Fsp3) is 0.500. The van der Waals surface area contributed by atoms with Crippen LogP contribution >= 0.6 is 0 Å². The van der Waals surface area contributed by atoms with Crippen molar-refractivity contribution in [2.24, 2.45) is 0 Å². The van der Waals surface area contributed by atoms with Crippen LogP contribution in [0.2, 0.25) is 0 Å². The third-order valence-electron chi connectivity index (χ3n) is 1.91. The van der Waals surface area contributed by atoms with Crippen LogP contribution in [0.3, 0.4) is 0 Å². The van der Waals surface area contributed by atoms with Crippen molar-refractivity contribution in [1.29, 1.82) is 0 Å². The summed E-state index contributed by atoms with van der Waals surface area (Å²) in [5.41, 5.74) is 5.61. The summed E-state index contributed by atoms with van der Waals surface area (Å²) in [7, 11) is 0. The number of aryl methyl sites for hydroxylation is 1. The van der Waals surface area contributed by atoms with Crippen LogP contribution in [0, 0.1) is 0 Å². The lowest BCUT2D eigenvalue weighted by molar-refractivity contribution is -0.119. The number of hydrogen-bond donors (Lipinski definition) is 3. The number of rotatable bonds is 5. The third kappa shape index (κ3) is 3.72. The number of carbonyl (C=O) groups is 1. The van der Waals surface area contributed by atoms with E-state index in [9.17, 15) is 4.79 Å². The molecule has 1 amide bonds. The molecule has 0 aliphatic heterocycles. The molecule has 88 valence electrons. The molecule has 1 rings (SSSR count). The molecule has 1 aromatic heterocycles. The molecular formula is C10H17N5O. The Kier molecular flexibility index (Phi) is 4.50. The predicted octanol–water partition coefficient (Wildman–Crippen LogP) is 0.169. The zero-order valence-corrected chi connectivity index (χ0v) is 9.58. The fourth-order valence-electron chi connectivity index (χ4n) is 1.20. The van der Waals surface area contributed by atoms with E-state index < -0.39 is 0 Å². The standard InChI is InChI=1S/C10H17N5O/c1-3-8-14-7(11)5-9(15-8)13-6-10(16)12-4-2/h5H,3-4,6H2,1-2H3,(H,12,16)(H3,11,13,14,15). The molecule has 6 heteroatoms. The molecule has 0 spiro atoms. The van der Waals surface area contributed by atoms with Crippen LogP contribution < -0.4 is 16.4 Å². The van der Waals surface area contributed by atoms with Gasteiger partial charge in [0.05, 0.1) is 6.54 Å². The number of aromatic nitrogens is 2. The summed E-state index contributed by atoms with van der Waals surface area (Å²) in [6.07, 6.45) is 0.709. The first-order chi connectivity index (χ1) is 7.65. The third-order valence-corrected chi connectivity index (χ3v) is 1.91. The Balaban J connectivity index is 2.59. The van der Waals surface area contributed by atoms with E-state index in [0.29, 0.717) is 30.4 Å². The van der Waals surface area contributed by atoms with Gasteiger partial charge in [-0.3, -0.25) is 4.79 Å². The zero-order chi connectivity index (χ0) is 12.0. The summed E-state index contributed by atoms with van der Waals surface area (Å²) >= 11 is 0. The molecule has 0 atom stereocenters. The normalized spacial score (nSPS) is 9.88. The first kappa shape index (κ1) is 12.2. The molecule has 0 radical (unpaired) electrons. The van der Waals surface area contributed by atoms with Gasteiger partial charge in [-0.25, -0.2) is 9.97 Å². The summed E-state index contributed by atoms with van der Waals surface area (Å²) in [6.45, 7) is 4.62. The van der Waals surface area contributed by atoms with Crippen molar-refractivity contribution < 1.29 is 4.79 Å². The van der Waals surface area contributed by atoms with E-state index in [1.54, 1.807) is 6.07 Å². The molecule has 0 bridgehead atoms. The van der Waals surface area contributed by atoms with Crippen LogP contribution in [0.5, 0.6) is 0 Å². The van der Waals surface area contributed by atoms with Gasteiger partial charge >= 0.3 is 0 Å². The average molecular weight is 223 g/mol. The van der Waals surface area contributed by atoms with Gasteiger partial charge in [-0.2, -0.15) is 0 Å². The molecule has 1 heterocycles. The SMILES string of the molecule is CCNC(=O)CNc1cc(N)nc(CC)n1. The van der Waals surface area contributed by atoms with E-state index in [4.69, 9.17) is 5.73 Å². The topological polar surface area (TPSA) is 92.9 Å². The number of amides is 1. The minimum absolute atomic E-state index is 0.0715. The zero-order valence-electron chi connectivity index (χ0n) is 9.58. The Morgan fingerprint density at radius 2 is 2.19 bits per heavy atom. The summed E-state index contributed by atoms with van der Waals surface area (Å²) in [4.78, 5) is 19.5. The highest BCUT2D eigenvalue weighted by molar-refractivity contribution is 5.80. The number of carbonyl (C=O) groups excluding carboxylic acids is 1. The van der Waals surface area contributed by atoms with Crippen LogP contribution in [0.25, 0.3) is 0 Å². The average Bonchev–Trinajstić information content (AvgIpc) is 2.26. The molecule has 6 nitrogen and oxygen atoms in total. The molecular weight excluding hydrogens is 206 g/mol.